The molecule has 0 radical (unpaired) electrons. The monoisotopic (exact) mass is 282 g/mol. The van der Waals surface area contributed by atoms with Gasteiger partial charge in [-0.15, -0.1) is 0 Å². The van der Waals surface area contributed by atoms with Gasteiger partial charge < -0.3 is 14.9 Å². The van der Waals surface area contributed by atoms with E-state index in [1.54, 1.807) is 0 Å². The smallest absolute Gasteiger partial charge is 0.319 e. The highest BCUT2D eigenvalue weighted by atomic mass is 16.4. The molecule has 0 bridgehead atoms. The summed E-state index contributed by atoms with van der Waals surface area (Å²) in [5.74, 6) is 0.276. The molecule has 0 aromatic rings. The maximum atomic E-state index is 12.5. The summed E-state index contributed by atoms with van der Waals surface area (Å²) in [4.78, 5) is 26.9. The van der Waals surface area contributed by atoms with Crippen LogP contribution in [0.15, 0.2) is 0 Å². The fourth-order valence-electron chi connectivity index (χ4n) is 3.09. The van der Waals surface area contributed by atoms with Crippen LogP contribution < -0.4 is 0 Å². The number of carboxylic acid groups (broad SMARTS) is 1. The van der Waals surface area contributed by atoms with Crippen LogP contribution in [0.4, 0.5) is 4.79 Å². The zero-order valence-electron chi connectivity index (χ0n) is 12.5. The largest absolute Gasteiger partial charge is 0.481 e. The van der Waals surface area contributed by atoms with Gasteiger partial charge in [-0.25, -0.2) is 4.79 Å². The first kappa shape index (κ1) is 15.1. The Bertz CT molecular complexity index is 368. The number of hydrogen-bond donors (Lipinski definition) is 1. The minimum absolute atomic E-state index is 0.115. The average molecular weight is 282 g/mol. The van der Waals surface area contributed by atoms with E-state index in [9.17, 15) is 9.59 Å². The standard InChI is InChI=1S/C15H26N2O3/c1-11(13-6-7-13)16(2)15(20)17-9-3-4-12(10-17)5-8-14(18)19/h11-13H,3-10H2,1-2H3,(H,18,19). The second kappa shape index (κ2) is 6.46. The zero-order valence-corrected chi connectivity index (χ0v) is 12.5. The highest BCUT2D eigenvalue weighted by Crippen LogP contribution is 2.35. The van der Waals surface area contributed by atoms with E-state index >= 15 is 0 Å². The number of carbonyl (C=O) groups is 2. The molecule has 2 unspecified atom stereocenters. The molecule has 5 heteroatoms. The van der Waals surface area contributed by atoms with E-state index in [4.69, 9.17) is 5.11 Å². The molecule has 2 rings (SSSR count). The molecule has 1 N–H and O–H groups in total. The molecule has 0 spiro atoms. The molecule has 114 valence electrons. The number of piperidine rings is 1. The third kappa shape index (κ3) is 3.87. The van der Waals surface area contributed by atoms with Crippen LogP contribution in [0.1, 0.15) is 45.4 Å². The van der Waals surface area contributed by atoms with Crippen LogP contribution in [0.2, 0.25) is 0 Å². The van der Waals surface area contributed by atoms with Gasteiger partial charge in [0, 0.05) is 32.6 Å². The van der Waals surface area contributed by atoms with Gasteiger partial charge >= 0.3 is 12.0 Å². The highest BCUT2D eigenvalue weighted by Gasteiger charge is 2.35. The predicted molar refractivity (Wildman–Crippen MR) is 76.5 cm³/mol. The van der Waals surface area contributed by atoms with Crippen molar-refractivity contribution in [2.75, 3.05) is 20.1 Å². The van der Waals surface area contributed by atoms with Crippen LogP contribution in [-0.4, -0.2) is 53.1 Å². The Hall–Kier alpha value is -1.26. The van der Waals surface area contributed by atoms with Crippen molar-refractivity contribution in [3.8, 4) is 0 Å². The molecule has 1 heterocycles. The molecule has 0 aromatic carbocycles. The number of rotatable bonds is 5. The zero-order chi connectivity index (χ0) is 14.7. The summed E-state index contributed by atoms with van der Waals surface area (Å²) < 4.78 is 0. The van der Waals surface area contributed by atoms with Crippen molar-refractivity contribution < 1.29 is 14.7 Å². The van der Waals surface area contributed by atoms with Crippen molar-refractivity contribution in [2.24, 2.45) is 11.8 Å². The molecule has 2 atom stereocenters. The first-order chi connectivity index (χ1) is 9.49. The second-order valence-corrected chi connectivity index (χ2v) is 6.36. The van der Waals surface area contributed by atoms with Gasteiger partial charge in [0.05, 0.1) is 0 Å². The fraction of sp³-hybridized carbons (Fsp3) is 0.867. The molecule has 0 aromatic heterocycles. The molecular formula is C15H26N2O3. The Morgan fingerprint density at radius 3 is 2.65 bits per heavy atom. The Kier molecular flexibility index (Phi) is 4.89. The Labute approximate surface area is 120 Å². The van der Waals surface area contributed by atoms with Crippen molar-refractivity contribution in [1.29, 1.82) is 0 Å². The van der Waals surface area contributed by atoms with E-state index < -0.39 is 5.97 Å². The summed E-state index contributed by atoms with van der Waals surface area (Å²) in [5.41, 5.74) is 0. The van der Waals surface area contributed by atoms with Crippen molar-refractivity contribution >= 4 is 12.0 Å². The quantitative estimate of drug-likeness (QED) is 0.842. The molecule has 1 saturated carbocycles. The Morgan fingerprint density at radius 2 is 2.05 bits per heavy atom. The second-order valence-electron chi connectivity index (χ2n) is 6.36. The van der Waals surface area contributed by atoms with Gasteiger partial charge in [0.25, 0.3) is 0 Å². The number of aliphatic carboxylic acids is 1. The fourth-order valence-corrected chi connectivity index (χ4v) is 3.09. The predicted octanol–water partition coefficient (Wildman–Crippen LogP) is 2.41. The topological polar surface area (TPSA) is 60.9 Å². The summed E-state index contributed by atoms with van der Waals surface area (Å²) in [6.07, 6.45) is 5.39. The van der Waals surface area contributed by atoms with E-state index in [-0.39, 0.29) is 12.5 Å². The molecule has 1 aliphatic heterocycles. The number of urea groups is 1. The van der Waals surface area contributed by atoms with Gasteiger partial charge in [-0.3, -0.25) is 4.79 Å². The van der Waals surface area contributed by atoms with Gasteiger partial charge in [0.15, 0.2) is 0 Å². The van der Waals surface area contributed by atoms with E-state index in [1.165, 1.54) is 12.8 Å². The van der Waals surface area contributed by atoms with Crippen LogP contribution >= 0.6 is 0 Å². The number of carbonyl (C=O) groups excluding carboxylic acids is 1. The first-order valence-corrected chi connectivity index (χ1v) is 7.72. The Morgan fingerprint density at radius 1 is 1.35 bits per heavy atom. The highest BCUT2D eigenvalue weighted by molar-refractivity contribution is 5.74. The molecule has 5 nitrogen and oxygen atoms in total. The summed E-state index contributed by atoms with van der Waals surface area (Å²) in [5, 5.41) is 8.76. The lowest BCUT2D eigenvalue weighted by molar-refractivity contribution is -0.137. The minimum Gasteiger partial charge on any atom is -0.481 e. The first-order valence-electron chi connectivity index (χ1n) is 7.72. The van der Waals surface area contributed by atoms with Crippen LogP contribution in [0.25, 0.3) is 0 Å². The van der Waals surface area contributed by atoms with Crippen molar-refractivity contribution in [2.45, 2.75) is 51.5 Å². The van der Waals surface area contributed by atoms with Crippen LogP contribution in [0, 0.1) is 11.8 Å². The summed E-state index contributed by atoms with van der Waals surface area (Å²) in [7, 11) is 1.90. The Balaban J connectivity index is 1.84. The lowest BCUT2D eigenvalue weighted by Crippen LogP contribution is -2.49. The molecular weight excluding hydrogens is 256 g/mol. The SMILES string of the molecule is CC(C1CC1)N(C)C(=O)N1CCCC(CCC(=O)O)C1. The van der Waals surface area contributed by atoms with Gasteiger partial charge in [0.2, 0.25) is 0 Å². The van der Waals surface area contributed by atoms with Crippen molar-refractivity contribution in [1.82, 2.24) is 9.80 Å². The van der Waals surface area contributed by atoms with Gasteiger partial charge in [0.1, 0.15) is 0 Å². The van der Waals surface area contributed by atoms with E-state index in [0.29, 0.717) is 30.8 Å². The lowest BCUT2D eigenvalue weighted by atomic mass is 9.93. The van der Waals surface area contributed by atoms with Crippen LogP contribution in [0.5, 0.6) is 0 Å². The molecule has 20 heavy (non-hydrogen) atoms. The van der Waals surface area contributed by atoms with Crippen LogP contribution in [-0.2, 0) is 4.79 Å². The lowest BCUT2D eigenvalue weighted by Gasteiger charge is -2.37. The van der Waals surface area contributed by atoms with Gasteiger partial charge in [-0.1, -0.05) is 0 Å². The summed E-state index contributed by atoms with van der Waals surface area (Å²) >= 11 is 0. The maximum Gasteiger partial charge on any atom is 0.319 e. The number of hydrogen-bond acceptors (Lipinski definition) is 2. The maximum absolute atomic E-state index is 12.5. The van der Waals surface area contributed by atoms with Crippen molar-refractivity contribution in [3.05, 3.63) is 0 Å². The van der Waals surface area contributed by atoms with E-state index in [1.807, 2.05) is 16.8 Å². The molecule has 2 fully saturated rings. The number of amides is 2. The summed E-state index contributed by atoms with van der Waals surface area (Å²) in [6.45, 7) is 3.65. The number of likely N-dealkylation sites (tertiary alicyclic amines) is 1. The molecule has 1 saturated heterocycles. The third-order valence-corrected chi connectivity index (χ3v) is 4.77. The number of nitrogens with zero attached hydrogens (tertiary/aromatic N) is 2. The van der Waals surface area contributed by atoms with Gasteiger partial charge in [-0.05, 0) is 50.9 Å². The van der Waals surface area contributed by atoms with Gasteiger partial charge in [-0.2, -0.15) is 0 Å². The van der Waals surface area contributed by atoms with Crippen molar-refractivity contribution in [3.63, 3.8) is 0 Å². The molecule has 2 aliphatic rings. The van der Waals surface area contributed by atoms with Crippen LogP contribution in [0.3, 0.4) is 0 Å². The van der Waals surface area contributed by atoms with E-state index in [2.05, 4.69) is 6.92 Å². The molecule has 2 amide bonds. The third-order valence-electron chi connectivity index (χ3n) is 4.77. The average Bonchev–Trinajstić information content (AvgIpc) is 3.27. The minimum atomic E-state index is -0.743. The summed E-state index contributed by atoms with van der Waals surface area (Å²) in [6, 6.07) is 0.436. The normalized spacial score (nSPS) is 24.3. The number of carboxylic acids is 1. The molecule has 1 aliphatic carbocycles. The van der Waals surface area contributed by atoms with E-state index in [0.717, 1.165) is 19.4 Å².